The van der Waals surface area contributed by atoms with Gasteiger partial charge in [0.15, 0.2) is 0 Å². The van der Waals surface area contributed by atoms with Gasteiger partial charge in [0.2, 0.25) is 10.0 Å². The van der Waals surface area contributed by atoms with E-state index in [9.17, 15) is 18.9 Å². The quantitative estimate of drug-likeness (QED) is 0.173. The summed E-state index contributed by atoms with van der Waals surface area (Å²) in [5.41, 5.74) is 6.39. The van der Waals surface area contributed by atoms with E-state index in [1.165, 1.54) is 0 Å². The van der Waals surface area contributed by atoms with Gasteiger partial charge in [0.1, 0.15) is 0 Å². The van der Waals surface area contributed by atoms with E-state index in [0.717, 1.165) is 52.9 Å². The average molecular weight is 738 g/mol. The molecule has 0 radical (unpaired) electrons. The van der Waals surface area contributed by atoms with Crippen LogP contribution in [-0.2, 0) is 10.0 Å². The molecule has 0 aliphatic heterocycles. The van der Waals surface area contributed by atoms with E-state index >= 15 is 0 Å². The van der Waals surface area contributed by atoms with Crippen molar-refractivity contribution >= 4 is 22.2 Å². The Morgan fingerprint density at radius 3 is 1.72 bits per heavy atom. The van der Waals surface area contributed by atoms with E-state index in [-0.39, 0.29) is 35.5 Å². The minimum atomic E-state index is -3.57. The molecule has 2 aliphatic carbocycles. The van der Waals surface area contributed by atoms with Crippen molar-refractivity contribution < 1.29 is 8.42 Å². The molecule has 2 aromatic carbocycles. The maximum absolute atomic E-state index is 14.0. The molecule has 8 heteroatoms. The normalized spacial score (nSPS) is 27.4. The van der Waals surface area contributed by atoms with E-state index in [0.29, 0.717) is 34.8 Å². The molecule has 2 saturated carbocycles. The summed E-state index contributed by atoms with van der Waals surface area (Å²) in [6.45, 7) is 11.2. The van der Waals surface area contributed by atoms with E-state index in [1.807, 2.05) is 85.1 Å². The second-order valence-corrected chi connectivity index (χ2v) is 17.5. The highest BCUT2D eigenvalue weighted by molar-refractivity contribution is 7.89. The number of hydrogen-bond acceptors (Lipinski definition) is 6. The zero-order valence-corrected chi connectivity index (χ0v) is 32.7. The molecule has 0 amide bonds. The first-order valence-corrected chi connectivity index (χ1v) is 20.9. The Labute approximate surface area is 322 Å². The molecule has 2 aromatic heterocycles. The number of nitrogens with zero attached hydrogens (tertiary/aromatic N) is 4. The Morgan fingerprint density at radius 1 is 0.685 bits per heavy atom. The lowest BCUT2D eigenvalue weighted by molar-refractivity contribution is 0.127. The highest BCUT2D eigenvalue weighted by Gasteiger charge is 2.41. The molecule has 9 atom stereocenters. The Morgan fingerprint density at radius 2 is 1.20 bits per heavy atom. The molecule has 2 fully saturated rings. The molecule has 0 saturated heterocycles. The molecule has 4 aromatic rings. The molecular weight excluding hydrogens is 687 g/mol. The second kappa shape index (κ2) is 17.1. The molecular formula is C46H51N5O2S. The summed E-state index contributed by atoms with van der Waals surface area (Å²) in [4.78, 5) is 9.35. The van der Waals surface area contributed by atoms with Gasteiger partial charge in [-0.25, -0.2) is 13.1 Å². The summed E-state index contributed by atoms with van der Waals surface area (Å²) in [5, 5.41) is 19.0. The minimum Gasteiger partial charge on any atom is -0.256 e. The van der Waals surface area contributed by atoms with Gasteiger partial charge in [-0.2, -0.15) is 10.5 Å². The fourth-order valence-corrected chi connectivity index (χ4v) is 10.5. The maximum atomic E-state index is 14.0. The van der Waals surface area contributed by atoms with Crippen LogP contribution in [-0.4, -0.2) is 30.2 Å². The number of pyridine rings is 2. The van der Waals surface area contributed by atoms with Crippen molar-refractivity contribution in [3.05, 3.63) is 120 Å². The van der Waals surface area contributed by atoms with Crippen LogP contribution in [0.25, 0.3) is 34.4 Å². The molecule has 0 spiro atoms. The summed E-state index contributed by atoms with van der Waals surface area (Å²) in [6, 6.07) is 27.3. The third-order valence-corrected chi connectivity index (χ3v) is 14.0. The van der Waals surface area contributed by atoms with E-state index < -0.39 is 10.0 Å². The van der Waals surface area contributed by atoms with Crippen molar-refractivity contribution in [2.45, 2.75) is 59.9 Å². The van der Waals surface area contributed by atoms with Crippen molar-refractivity contribution in [1.29, 1.82) is 10.5 Å². The molecule has 2 aliphatic rings. The molecule has 2 heterocycles. The van der Waals surface area contributed by atoms with Gasteiger partial charge in [-0.15, -0.1) is 0 Å². The monoisotopic (exact) mass is 737 g/mol. The largest absolute Gasteiger partial charge is 0.256 e. The molecule has 54 heavy (non-hydrogen) atoms. The summed E-state index contributed by atoms with van der Waals surface area (Å²) in [5.74, 6) is 2.08. The second-order valence-electron chi connectivity index (χ2n) is 15.7. The van der Waals surface area contributed by atoms with Gasteiger partial charge in [-0.05, 0) is 96.6 Å². The number of hydrogen-bond donors (Lipinski definition) is 1. The molecule has 2 unspecified atom stereocenters. The molecule has 7 nitrogen and oxygen atoms in total. The third-order valence-electron chi connectivity index (χ3n) is 12.4. The number of allylic oxidation sites excluding steroid dienone is 2. The number of benzene rings is 2. The highest BCUT2D eigenvalue weighted by Crippen LogP contribution is 2.42. The Kier molecular flexibility index (Phi) is 12.3. The fourth-order valence-electron chi connectivity index (χ4n) is 8.70. The van der Waals surface area contributed by atoms with Gasteiger partial charge < -0.3 is 0 Å². The maximum Gasteiger partial charge on any atom is 0.212 e. The number of nitriles is 2. The summed E-state index contributed by atoms with van der Waals surface area (Å²) >= 11 is 0. The highest BCUT2D eigenvalue weighted by atomic mass is 32.2. The number of nitrogens with one attached hydrogen (secondary N) is 1. The number of aromatic nitrogens is 2. The van der Waals surface area contributed by atoms with Crippen LogP contribution in [0, 0.1) is 70.0 Å². The predicted octanol–water partition coefficient (Wildman–Crippen LogP) is 9.80. The molecule has 278 valence electrons. The summed E-state index contributed by atoms with van der Waals surface area (Å²) < 4.78 is 31.2. The Balaban J connectivity index is 1.13. The Hall–Kier alpha value is -4.89. The SMILES string of the molecule is CC1C(NS(=O)(=O)C[C@H]2CC[C@H](C)[C@@H](C)[C@@H]2C=Cc2ccc(-c3ccccc3C#N)cn2)C[C@H](C)[C@@H](C)[C@@H]1C=Cc1ccc(-c2ccccc2C#N)cn1. The molecule has 6 rings (SSSR count). The molecule has 0 bridgehead atoms. The predicted molar refractivity (Wildman–Crippen MR) is 218 cm³/mol. The summed E-state index contributed by atoms with van der Waals surface area (Å²) in [6.07, 6.45) is 14.8. The lowest BCUT2D eigenvalue weighted by Gasteiger charge is -2.43. The van der Waals surface area contributed by atoms with Gasteiger partial charge in [0.25, 0.3) is 0 Å². The van der Waals surface area contributed by atoms with Crippen LogP contribution in [0.15, 0.2) is 97.3 Å². The van der Waals surface area contributed by atoms with Crippen LogP contribution in [0.1, 0.15) is 76.4 Å². The molecule has 1 N–H and O–H groups in total. The minimum absolute atomic E-state index is 0.00633. The van der Waals surface area contributed by atoms with Crippen molar-refractivity contribution in [1.82, 2.24) is 14.7 Å². The first-order valence-electron chi connectivity index (χ1n) is 19.3. The zero-order chi connectivity index (χ0) is 38.4. The van der Waals surface area contributed by atoms with Gasteiger partial charge in [0.05, 0.1) is 40.4 Å². The number of sulfonamides is 1. The van der Waals surface area contributed by atoms with Gasteiger partial charge >= 0.3 is 0 Å². The fraction of sp³-hybridized carbons (Fsp3) is 0.391. The van der Waals surface area contributed by atoms with Crippen molar-refractivity contribution in [3.63, 3.8) is 0 Å². The zero-order valence-electron chi connectivity index (χ0n) is 31.9. The van der Waals surface area contributed by atoms with E-state index in [1.54, 1.807) is 6.20 Å². The first-order chi connectivity index (χ1) is 26.0. The Bertz CT molecular complexity index is 2160. The van der Waals surface area contributed by atoms with Crippen molar-refractivity contribution in [3.8, 4) is 34.4 Å². The van der Waals surface area contributed by atoms with Gasteiger partial charge in [0, 0.05) is 40.7 Å². The van der Waals surface area contributed by atoms with Crippen LogP contribution < -0.4 is 4.72 Å². The van der Waals surface area contributed by atoms with Crippen LogP contribution in [0.3, 0.4) is 0 Å². The lowest BCUT2D eigenvalue weighted by atomic mass is 9.66. The first kappa shape index (κ1) is 38.8. The summed E-state index contributed by atoms with van der Waals surface area (Å²) in [7, 11) is -3.57. The standard InChI is InChI=1S/C46H51N5O2S/c1-30-14-15-39(43(32(30)3)23-21-41-19-17-38(28-50-41)45-13-9-7-11-36(45)26-48)29-54(52,53)51-46-24-31(2)33(4)42(34(46)5)22-20-40-18-16-37(27-49-40)44-12-8-6-10-35(44)25-47/h6-13,16-23,27-28,30-34,39,42-43,46,51H,14-15,24,29H2,1-5H3/t30-,31-,32+,33+,34?,39+,42-,43-,46?/m0/s1. The third kappa shape index (κ3) is 8.90. The lowest BCUT2D eigenvalue weighted by Crippen LogP contribution is -2.50. The van der Waals surface area contributed by atoms with Crippen LogP contribution >= 0.6 is 0 Å². The van der Waals surface area contributed by atoms with Crippen LogP contribution in [0.5, 0.6) is 0 Å². The van der Waals surface area contributed by atoms with Crippen molar-refractivity contribution in [2.24, 2.45) is 47.3 Å². The van der Waals surface area contributed by atoms with Crippen LogP contribution in [0.2, 0.25) is 0 Å². The van der Waals surface area contributed by atoms with Crippen LogP contribution in [0.4, 0.5) is 0 Å². The average Bonchev–Trinajstić information content (AvgIpc) is 3.18. The van der Waals surface area contributed by atoms with E-state index in [2.05, 4.69) is 79.7 Å². The topological polar surface area (TPSA) is 120 Å². The smallest absolute Gasteiger partial charge is 0.212 e. The van der Waals surface area contributed by atoms with Crippen molar-refractivity contribution in [2.75, 3.05) is 5.75 Å². The van der Waals surface area contributed by atoms with Gasteiger partial charge in [-0.1, -0.05) is 102 Å². The number of rotatable bonds is 10. The van der Waals surface area contributed by atoms with E-state index in [4.69, 9.17) is 0 Å². The van der Waals surface area contributed by atoms with Gasteiger partial charge in [-0.3, -0.25) is 9.97 Å².